The van der Waals surface area contributed by atoms with E-state index in [4.69, 9.17) is 0 Å². The van der Waals surface area contributed by atoms with Crippen LogP contribution in [0, 0.1) is 5.82 Å². The van der Waals surface area contributed by atoms with E-state index in [1.807, 2.05) is 30.1 Å². The minimum Gasteiger partial charge on any atom is -0.347 e. The molecule has 0 unspecified atom stereocenters. The third-order valence-corrected chi connectivity index (χ3v) is 7.38. The van der Waals surface area contributed by atoms with E-state index < -0.39 is 5.82 Å². The quantitative estimate of drug-likeness (QED) is 0.212. The summed E-state index contributed by atoms with van der Waals surface area (Å²) in [6, 6.07) is 21.1. The van der Waals surface area contributed by atoms with Crippen molar-refractivity contribution in [2.45, 2.75) is 24.4 Å². The molecule has 1 aromatic heterocycles. The second kappa shape index (κ2) is 8.82. The van der Waals surface area contributed by atoms with Gasteiger partial charge in [0.15, 0.2) is 10.9 Å². The number of carbonyl (C=O) groups is 1. The van der Waals surface area contributed by atoms with Crippen LogP contribution < -0.4 is 10.5 Å². The van der Waals surface area contributed by atoms with Gasteiger partial charge in [-0.15, -0.1) is 0 Å². The lowest BCUT2D eigenvalue weighted by molar-refractivity contribution is -0.112. The van der Waals surface area contributed by atoms with Crippen LogP contribution in [0.25, 0.3) is 16.6 Å². The van der Waals surface area contributed by atoms with Gasteiger partial charge in [0.1, 0.15) is 5.82 Å². The third kappa shape index (κ3) is 3.96. The van der Waals surface area contributed by atoms with Crippen LogP contribution in [0.15, 0.2) is 94.5 Å². The van der Waals surface area contributed by atoms with Crippen LogP contribution in [-0.2, 0) is 10.2 Å². The fraction of sp³-hybridized carbons (Fsp3) is 0.179. The van der Waals surface area contributed by atoms with Crippen LogP contribution >= 0.6 is 11.8 Å². The number of anilines is 1. The number of fused-ring (bicyclic) bond motifs is 2. The molecule has 0 saturated carbocycles. The number of benzene rings is 3. The molecule has 0 fully saturated rings. The first-order valence-corrected chi connectivity index (χ1v) is 12.3. The van der Waals surface area contributed by atoms with E-state index in [9.17, 15) is 14.0 Å². The Morgan fingerprint density at radius 1 is 1.00 bits per heavy atom. The fourth-order valence-corrected chi connectivity index (χ4v) is 5.47. The Balaban J connectivity index is 1.50. The first-order chi connectivity index (χ1) is 16.8. The molecule has 3 aromatic carbocycles. The maximum absolute atomic E-state index is 14.7. The molecule has 0 spiro atoms. The van der Waals surface area contributed by atoms with E-state index in [-0.39, 0.29) is 33.4 Å². The van der Waals surface area contributed by atoms with Crippen LogP contribution in [0.5, 0.6) is 0 Å². The minimum absolute atomic E-state index is 0.0585. The molecule has 0 atom stereocenters. The molecule has 0 bridgehead atoms. The first-order valence-electron chi connectivity index (χ1n) is 11.3. The van der Waals surface area contributed by atoms with E-state index in [2.05, 4.69) is 24.9 Å². The van der Waals surface area contributed by atoms with E-state index in [1.54, 1.807) is 42.5 Å². The maximum Gasteiger partial charge on any atom is 0.266 e. The summed E-state index contributed by atoms with van der Waals surface area (Å²) in [5, 5.41) is 0.661. The molecule has 176 valence electrons. The zero-order valence-corrected chi connectivity index (χ0v) is 20.5. The number of halogens is 1. The predicted molar refractivity (Wildman–Crippen MR) is 139 cm³/mol. The number of hydrogen-bond donors (Lipinski definition) is 0. The lowest BCUT2D eigenvalue weighted by Crippen LogP contribution is -2.25. The largest absolute Gasteiger partial charge is 0.347 e. The standard InChI is InChI=1S/C28H24FN3O2S/c1-28(2)20-11-5-8-14-23(20)31(3)25(28)16-18(33)17-35-27-30-22-13-7-4-10-19(22)26(34)32(27)24-15-9-6-12-21(24)29/h4-16H,17H2,1-3H3/b25-16-. The second-order valence-electron chi connectivity index (χ2n) is 8.99. The van der Waals surface area contributed by atoms with Gasteiger partial charge in [-0.3, -0.25) is 14.2 Å². The molecular weight excluding hydrogens is 461 g/mol. The average molecular weight is 486 g/mol. The summed E-state index contributed by atoms with van der Waals surface area (Å²) in [4.78, 5) is 33.1. The number of hydrogen-bond acceptors (Lipinski definition) is 5. The van der Waals surface area contributed by atoms with Crippen molar-refractivity contribution in [3.8, 4) is 5.69 Å². The molecular formula is C28H24FN3O2S. The SMILES string of the molecule is CN1/C(=C\C(=O)CSc2nc3ccccc3c(=O)n2-c2ccccc2F)C(C)(C)c2ccccc21. The van der Waals surface area contributed by atoms with Crippen molar-refractivity contribution in [2.75, 3.05) is 17.7 Å². The zero-order valence-electron chi connectivity index (χ0n) is 19.7. The van der Waals surface area contributed by atoms with Crippen molar-refractivity contribution in [3.05, 3.63) is 106 Å². The molecule has 2 heterocycles. The number of para-hydroxylation sites is 3. The van der Waals surface area contributed by atoms with Gasteiger partial charge in [0.25, 0.3) is 5.56 Å². The smallest absolute Gasteiger partial charge is 0.266 e. The van der Waals surface area contributed by atoms with E-state index in [0.29, 0.717) is 10.9 Å². The number of thioether (sulfide) groups is 1. The van der Waals surface area contributed by atoms with Crippen molar-refractivity contribution < 1.29 is 9.18 Å². The lowest BCUT2D eigenvalue weighted by Gasteiger charge is -2.24. The molecule has 0 amide bonds. The van der Waals surface area contributed by atoms with Gasteiger partial charge >= 0.3 is 0 Å². The highest BCUT2D eigenvalue weighted by molar-refractivity contribution is 7.99. The first kappa shape index (κ1) is 23.1. The van der Waals surface area contributed by atoms with Gasteiger partial charge in [-0.25, -0.2) is 9.37 Å². The highest BCUT2D eigenvalue weighted by atomic mass is 32.2. The van der Waals surface area contributed by atoms with Gasteiger partial charge in [0.2, 0.25) is 0 Å². The Morgan fingerprint density at radius 3 is 2.40 bits per heavy atom. The number of carbonyl (C=O) groups excluding carboxylic acids is 1. The highest BCUT2D eigenvalue weighted by Gasteiger charge is 2.38. The Morgan fingerprint density at radius 2 is 1.66 bits per heavy atom. The summed E-state index contributed by atoms with van der Waals surface area (Å²) in [6.45, 7) is 4.20. The Kier molecular flexibility index (Phi) is 5.81. The summed E-state index contributed by atoms with van der Waals surface area (Å²) < 4.78 is 15.9. The number of likely N-dealkylation sites (N-methyl/N-ethyl adjacent to an activating group) is 1. The van der Waals surface area contributed by atoms with Crippen LogP contribution in [0.3, 0.4) is 0 Å². The Bertz CT molecular complexity index is 1560. The second-order valence-corrected chi connectivity index (χ2v) is 9.93. The molecule has 35 heavy (non-hydrogen) atoms. The van der Waals surface area contributed by atoms with E-state index in [1.165, 1.54) is 22.3 Å². The number of ketones is 1. The highest BCUT2D eigenvalue weighted by Crippen LogP contribution is 2.46. The number of nitrogens with zero attached hydrogens (tertiary/aromatic N) is 3. The molecule has 0 radical (unpaired) electrons. The maximum atomic E-state index is 14.7. The monoisotopic (exact) mass is 485 g/mol. The van der Waals surface area contributed by atoms with E-state index >= 15 is 0 Å². The molecule has 0 aliphatic carbocycles. The van der Waals surface area contributed by atoms with Gasteiger partial charge in [0.05, 0.1) is 22.3 Å². The predicted octanol–water partition coefficient (Wildman–Crippen LogP) is 5.50. The van der Waals surface area contributed by atoms with Crippen LogP contribution in [-0.4, -0.2) is 28.1 Å². The summed E-state index contributed by atoms with van der Waals surface area (Å²) in [5.74, 6) is -0.586. The normalized spacial score (nSPS) is 15.5. The Hall–Kier alpha value is -3.71. The molecule has 5 nitrogen and oxygen atoms in total. The van der Waals surface area contributed by atoms with Gasteiger partial charge in [0, 0.05) is 29.9 Å². The van der Waals surface area contributed by atoms with Crippen molar-refractivity contribution in [1.82, 2.24) is 9.55 Å². The molecule has 7 heteroatoms. The number of rotatable bonds is 5. The van der Waals surface area contributed by atoms with Crippen LogP contribution in [0.1, 0.15) is 19.4 Å². The Labute approximate surface area is 206 Å². The van der Waals surface area contributed by atoms with Crippen molar-refractivity contribution in [1.29, 1.82) is 0 Å². The third-order valence-electron chi connectivity index (χ3n) is 6.42. The van der Waals surface area contributed by atoms with Gasteiger partial charge < -0.3 is 4.90 Å². The van der Waals surface area contributed by atoms with E-state index in [0.717, 1.165) is 23.1 Å². The fourth-order valence-electron chi connectivity index (χ4n) is 4.64. The minimum atomic E-state index is -0.533. The molecule has 0 saturated heterocycles. The van der Waals surface area contributed by atoms with Crippen molar-refractivity contribution in [2.24, 2.45) is 0 Å². The number of aromatic nitrogens is 2. The molecule has 1 aliphatic rings. The van der Waals surface area contributed by atoms with Crippen molar-refractivity contribution >= 4 is 34.1 Å². The van der Waals surface area contributed by atoms with Crippen molar-refractivity contribution in [3.63, 3.8) is 0 Å². The number of allylic oxidation sites excluding steroid dienone is 2. The topological polar surface area (TPSA) is 55.2 Å². The lowest BCUT2D eigenvalue weighted by atomic mass is 9.83. The summed E-state index contributed by atoms with van der Waals surface area (Å²) >= 11 is 1.13. The molecule has 0 N–H and O–H groups in total. The molecule has 5 rings (SSSR count). The molecule has 1 aliphatic heterocycles. The van der Waals surface area contributed by atoms with Gasteiger partial charge in [-0.05, 0) is 35.9 Å². The summed E-state index contributed by atoms with van der Waals surface area (Å²) in [7, 11) is 1.96. The van der Waals surface area contributed by atoms with Gasteiger partial charge in [-0.1, -0.05) is 68.1 Å². The molecule has 4 aromatic rings. The van der Waals surface area contributed by atoms with Crippen LogP contribution in [0.2, 0.25) is 0 Å². The summed E-state index contributed by atoms with van der Waals surface area (Å²) in [6.07, 6.45) is 1.67. The summed E-state index contributed by atoms with van der Waals surface area (Å²) in [5.41, 5.74) is 3.07. The zero-order chi connectivity index (χ0) is 24.7. The van der Waals surface area contributed by atoms with Gasteiger partial charge in [-0.2, -0.15) is 0 Å². The average Bonchev–Trinajstić information content (AvgIpc) is 3.04. The van der Waals surface area contributed by atoms with Crippen LogP contribution in [0.4, 0.5) is 10.1 Å².